The molecule has 2 aromatic rings. The second-order valence-electron chi connectivity index (χ2n) is 4.91. The fourth-order valence-electron chi connectivity index (χ4n) is 1.98. The molecule has 0 fully saturated rings. The van der Waals surface area contributed by atoms with Crippen LogP contribution in [0.25, 0.3) is 0 Å². The van der Waals surface area contributed by atoms with Gasteiger partial charge in [-0.05, 0) is 31.5 Å². The molecule has 0 saturated carbocycles. The monoisotopic (exact) mass is 330 g/mol. The van der Waals surface area contributed by atoms with Crippen molar-refractivity contribution in [1.29, 1.82) is 0 Å². The number of alkyl halides is 3. The zero-order valence-corrected chi connectivity index (χ0v) is 12.3. The van der Waals surface area contributed by atoms with Crippen LogP contribution in [0.2, 0.25) is 0 Å². The molecule has 1 heterocycles. The summed E-state index contributed by atoms with van der Waals surface area (Å²) >= 11 is 0. The van der Waals surface area contributed by atoms with Crippen LogP contribution in [-0.2, 0) is 6.18 Å². The molecule has 0 aliphatic rings. The van der Waals surface area contributed by atoms with E-state index in [2.05, 4.69) is 20.5 Å². The predicted octanol–water partition coefficient (Wildman–Crippen LogP) is 3.15. The van der Waals surface area contributed by atoms with E-state index in [-0.39, 0.29) is 5.82 Å². The summed E-state index contributed by atoms with van der Waals surface area (Å²) in [4.78, 5) is 16.2. The fraction of sp³-hybridized carbons (Fsp3) is 0.357. The van der Waals surface area contributed by atoms with Gasteiger partial charge in [-0.3, -0.25) is 9.89 Å². The number of nitrogens with one attached hydrogen (secondary N) is 2. The highest BCUT2D eigenvalue weighted by atomic mass is 19.4. The van der Waals surface area contributed by atoms with Crippen molar-refractivity contribution >= 4 is 5.91 Å². The summed E-state index contributed by atoms with van der Waals surface area (Å²) in [6.07, 6.45) is -4.27. The third-order valence-electron chi connectivity index (χ3n) is 3.18. The van der Waals surface area contributed by atoms with Crippen molar-refractivity contribution in [2.45, 2.75) is 32.5 Å². The third-order valence-corrected chi connectivity index (χ3v) is 3.18. The van der Waals surface area contributed by atoms with Gasteiger partial charge in [0.1, 0.15) is 11.6 Å². The minimum absolute atomic E-state index is 0.283. The van der Waals surface area contributed by atoms with Crippen molar-refractivity contribution in [3.05, 3.63) is 46.8 Å². The second-order valence-corrected chi connectivity index (χ2v) is 4.91. The molecule has 0 aliphatic carbocycles. The van der Waals surface area contributed by atoms with Crippen LogP contribution in [0.3, 0.4) is 0 Å². The maximum absolute atomic E-state index is 13.7. The first kappa shape index (κ1) is 16.9. The molecule has 0 bridgehead atoms. The number of carbonyl (C=O) groups excluding carboxylic acids is 1. The minimum Gasteiger partial charge on any atom is -0.342 e. The number of carbonyl (C=O) groups is 1. The van der Waals surface area contributed by atoms with Gasteiger partial charge in [0, 0.05) is 0 Å². The molecule has 2 N–H and O–H groups in total. The van der Waals surface area contributed by atoms with Crippen LogP contribution in [-0.4, -0.2) is 21.1 Å². The molecule has 1 atom stereocenters. The average Bonchev–Trinajstić information content (AvgIpc) is 2.90. The van der Waals surface area contributed by atoms with Crippen LogP contribution in [0.5, 0.6) is 0 Å². The highest BCUT2D eigenvalue weighted by Gasteiger charge is 2.32. The standard InChI is InChI=1S/C14H14F4N4O/c1-3-11(12-19-7(2)21-22-12)20-13(23)9-6-8(14(16,17)18)4-5-10(9)15/h4-6,11H,3H2,1-2H3,(H,20,23)(H,19,21,22)/t11-/m0/s1. The zero-order valence-electron chi connectivity index (χ0n) is 12.3. The minimum atomic E-state index is -4.66. The summed E-state index contributed by atoms with van der Waals surface area (Å²) in [5.41, 5.74) is -1.77. The highest BCUT2D eigenvalue weighted by molar-refractivity contribution is 5.94. The Morgan fingerprint density at radius 2 is 2.09 bits per heavy atom. The van der Waals surface area contributed by atoms with E-state index in [0.29, 0.717) is 30.4 Å². The number of nitrogens with zero attached hydrogens (tertiary/aromatic N) is 2. The summed E-state index contributed by atoms with van der Waals surface area (Å²) in [6.45, 7) is 3.40. The number of hydrogen-bond donors (Lipinski definition) is 2. The second kappa shape index (κ2) is 6.35. The lowest BCUT2D eigenvalue weighted by atomic mass is 10.1. The molecule has 5 nitrogen and oxygen atoms in total. The largest absolute Gasteiger partial charge is 0.416 e. The van der Waals surface area contributed by atoms with Crippen LogP contribution < -0.4 is 5.32 Å². The number of aromatic amines is 1. The molecule has 9 heteroatoms. The topological polar surface area (TPSA) is 70.7 Å². The van der Waals surface area contributed by atoms with E-state index in [1.54, 1.807) is 13.8 Å². The molecular formula is C14H14F4N4O. The smallest absolute Gasteiger partial charge is 0.342 e. The Labute approximate surface area is 129 Å². The molecule has 0 radical (unpaired) electrons. The molecular weight excluding hydrogens is 316 g/mol. The Hall–Kier alpha value is -2.45. The van der Waals surface area contributed by atoms with Gasteiger partial charge in [-0.1, -0.05) is 6.92 Å². The average molecular weight is 330 g/mol. The molecule has 0 saturated heterocycles. The van der Waals surface area contributed by atoms with Gasteiger partial charge in [-0.15, -0.1) is 0 Å². The van der Waals surface area contributed by atoms with Gasteiger partial charge in [0.2, 0.25) is 0 Å². The molecule has 124 valence electrons. The van der Waals surface area contributed by atoms with Crippen molar-refractivity contribution in [3.63, 3.8) is 0 Å². The van der Waals surface area contributed by atoms with Gasteiger partial charge in [-0.25, -0.2) is 9.37 Å². The first-order valence-corrected chi connectivity index (χ1v) is 6.79. The lowest BCUT2D eigenvalue weighted by molar-refractivity contribution is -0.137. The van der Waals surface area contributed by atoms with Crippen LogP contribution in [0, 0.1) is 12.7 Å². The molecule has 0 spiro atoms. The normalized spacial score (nSPS) is 13.0. The third kappa shape index (κ3) is 3.85. The Morgan fingerprint density at radius 3 is 2.61 bits per heavy atom. The van der Waals surface area contributed by atoms with Gasteiger partial charge in [0.05, 0.1) is 17.2 Å². The number of aryl methyl sites for hydroxylation is 1. The SMILES string of the molecule is CC[C@H](NC(=O)c1cc(C(F)(F)F)ccc1F)c1n[nH]c(C)n1. The maximum Gasteiger partial charge on any atom is 0.416 e. The summed E-state index contributed by atoms with van der Waals surface area (Å²) in [7, 11) is 0. The molecule has 23 heavy (non-hydrogen) atoms. The van der Waals surface area contributed by atoms with Gasteiger partial charge >= 0.3 is 6.18 Å². The van der Waals surface area contributed by atoms with E-state index in [0.717, 1.165) is 0 Å². The Morgan fingerprint density at radius 1 is 1.39 bits per heavy atom. The van der Waals surface area contributed by atoms with Crippen molar-refractivity contribution in [2.24, 2.45) is 0 Å². The number of benzene rings is 1. The summed E-state index contributed by atoms with van der Waals surface area (Å²) in [5, 5.41) is 8.93. The molecule has 1 aromatic carbocycles. The van der Waals surface area contributed by atoms with E-state index >= 15 is 0 Å². The van der Waals surface area contributed by atoms with Crippen molar-refractivity contribution in [1.82, 2.24) is 20.5 Å². The van der Waals surface area contributed by atoms with E-state index in [4.69, 9.17) is 0 Å². The molecule has 0 unspecified atom stereocenters. The predicted molar refractivity (Wildman–Crippen MR) is 73.0 cm³/mol. The van der Waals surface area contributed by atoms with Gasteiger partial charge < -0.3 is 5.32 Å². The lowest BCUT2D eigenvalue weighted by Gasteiger charge is -2.15. The number of hydrogen-bond acceptors (Lipinski definition) is 3. The Balaban J connectivity index is 2.26. The van der Waals surface area contributed by atoms with Crippen LogP contribution in [0.1, 0.15) is 47.0 Å². The van der Waals surface area contributed by atoms with Crippen LogP contribution in [0.15, 0.2) is 18.2 Å². The maximum atomic E-state index is 13.7. The number of H-pyrrole nitrogens is 1. The van der Waals surface area contributed by atoms with E-state index in [9.17, 15) is 22.4 Å². The van der Waals surface area contributed by atoms with E-state index < -0.39 is 35.1 Å². The number of aromatic nitrogens is 3. The van der Waals surface area contributed by atoms with Gasteiger partial charge in [0.15, 0.2) is 5.82 Å². The van der Waals surface area contributed by atoms with Crippen LogP contribution >= 0.6 is 0 Å². The summed E-state index contributed by atoms with van der Waals surface area (Å²) < 4.78 is 51.7. The van der Waals surface area contributed by atoms with Crippen molar-refractivity contribution in [3.8, 4) is 0 Å². The zero-order chi connectivity index (χ0) is 17.2. The Kier molecular flexibility index (Phi) is 4.67. The van der Waals surface area contributed by atoms with Crippen molar-refractivity contribution < 1.29 is 22.4 Å². The van der Waals surface area contributed by atoms with Crippen molar-refractivity contribution in [2.75, 3.05) is 0 Å². The molecule has 2 rings (SSSR count). The fourth-order valence-corrected chi connectivity index (χ4v) is 1.98. The Bertz CT molecular complexity index is 711. The molecule has 1 aromatic heterocycles. The first-order chi connectivity index (χ1) is 10.7. The first-order valence-electron chi connectivity index (χ1n) is 6.79. The summed E-state index contributed by atoms with van der Waals surface area (Å²) in [5.74, 6) is -1.18. The van der Waals surface area contributed by atoms with E-state index in [1.807, 2.05) is 0 Å². The summed E-state index contributed by atoms with van der Waals surface area (Å²) in [6, 6.07) is 1.06. The number of halogens is 4. The number of amides is 1. The molecule has 0 aliphatic heterocycles. The van der Waals surface area contributed by atoms with Gasteiger partial charge in [-0.2, -0.15) is 18.3 Å². The quantitative estimate of drug-likeness (QED) is 0.846. The highest BCUT2D eigenvalue weighted by Crippen LogP contribution is 2.30. The van der Waals surface area contributed by atoms with Crippen LogP contribution in [0.4, 0.5) is 17.6 Å². The van der Waals surface area contributed by atoms with Gasteiger partial charge in [0.25, 0.3) is 5.91 Å². The molecule has 1 amide bonds. The number of rotatable bonds is 4. The lowest BCUT2D eigenvalue weighted by Crippen LogP contribution is -2.30. The van der Waals surface area contributed by atoms with E-state index in [1.165, 1.54) is 0 Å².